The van der Waals surface area contributed by atoms with E-state index in [4.69, 9.17) is 0 Å². The van der Waals surface area contributed by atoms with E-state index in [1.54, 1.807) is 12.1 Å². The first-order valence-corrected chi connectivity index (χ1v) is 9.59. The first kappa shape index (κ1) is 19.0. The van der Waals surface area contributed by atoms with Gasteiger partial charge in [-0.05, 0) is 61.9 Å². The van der Waals surface area contributed by atoms with Crippen molar-refractivity contribution < 1.29 is 9.59 Å². The summed E-state index contributed by atoms with van der Waals surface area (Å²) in [6, 6.07) is 12.9. The van der Waals surface area contributed by atoms with Gasteiger partial charge in [0, 0.05) is 16.7 Å². The molecule has 2 heteroatoms. The minimum Gasteiger partial charge on any atom is -0.295 e. The number of benzene rings is 2. The fraction of sp³-hybridized carbons (Fsp3) is 0.280. The standard InChI is InChI=1S/C25H26O2/c1-17(2)22-14-23(18(3)26)16-24(15-22)25(27)21-12-10-20(11-13-21)9-8-19-6-4-5-7-19/h8-16,19H,1,4-7H2,2-3H3/b9-8+. The van der Waals surface area contributed by atoms with Crippen LogP contribution in [0.5, 0.6) is 0 Å². The summed E-state index contributed by atoms with van der Waals surface area (Å²) in [4.78, 5) is 24.7. The molecule has 0 unspecified atom stereocenters. The van der Waals surface area contributed by atoms with Crippen molar-refractivity contribution in [2.45, 2.75) is 39.5 Å². The maximum atomic E-state index is 12.9. The Morgan fingerprint density at radius 1 is 0.889 bits per heavy atom. The maximum absolute atomic E-state index is 12.9. The quantitative estimate of drug-likeness (QED) is 0.563. The van der Waals surface area contributed by atoms with Gasteiger partial charge >= 0.3 is 0 Å². The van der Waals surface area contributed by atoms with E-state index < -0.39 is 0 Å². The van der Waals surface area contributed by atoms with Crippen LogP contribution in [-0.4, -0.2) is 11.6 Å². The number of carbonyl (C=O) groups is 2. The summed E-state index contributed by atoms with van der Waals surface area (Å²) in [5, 5.41) is 0. The second-order valence-electron chi connectivity index (χ2n) is 7.49. The molecule has 0 heterocycles. The largest absolute Gasteiger partial charge is 0.295 e. The molecule has 0 amide bonds. The molecule has 1 fully saturated rings. The van der Waals surface area contributed by atoms with Gasteiger partial charge in [0.05, 0.1) is 0 Å². The molecule has 0 bridgehead atoms. The summed E-state index contributed by atoms with van der Waals surface area (Å²) in [7, 11) is 0. The van der Waals surface area contributed by atoms with Crippen molar-refractivity contribution in [2.24, 2.45) is 5.92 Å². The minimum atomic E-state index is -0.0769. The van der Waals surface area contributed by atoms with Gasteiger partial charge in [-0.2, -0.15) is 0 Å². The smallest absolute Gasteiger partial charge is 0.193 e. The zero-order valence-corrected chi connectivity index (χ0v) is 16.1. The lowest BCUT2D eigenvalue weighted by molar-refractivity contribution is 0.101. The van der Waals surface area contributed by atoms with E-state index >= 15 is 0 Å². The third kappa shape index (κ3) is 4.71. The van der Waals surface area contributed by atoms with Gasteiger partial charge in [0.15, 0.2) is 11.6 Å². The number of rotatable bonds is 6. The van der Waals surface area contributed by atoms with Crippen molar-refractivity contribution in [3.63, 3.8) is 0 Å². The Hall–Kier alpha value is -2.74. The number of carbonyl (C=O) groups excluding carboxylic acids is 2. The summed E-state index contributed by atoms with van der Waals surface area (Å²) >= 11 is 0. The molecule has 0 aromatic heterocycles. The molecule has 138 valence electrons. The highest BCUT2D eigenvalue weighted by Gasteiger charge is 2.14. The van der Waals surface area contributed by atoms with Crippen LogP contribution in [0.2, 0.25) is 0 Å². The number of hydrogen-bond donors (Lipinski definition) is 0. The van der Waals surface area contributed by atoms with Crippen molar-refractivity contribution in [3.05, 3.63) is 82.9 Å². The predicted octanol–water partition coefficient (Wildman–Crippen LogP) is 6.36. The molecule has 0 saturated heterocycles. The Balaban J connectivity index is 1.83. The van der Waals surface area contributed by atoms with Gasteiger partial charge in [-0.25, -0.2) is 0 Å². The molecule has 0 N–H and O–H groups in total. The SMILES string of the molecule is C=C(C)c1cc(C(C)=O)cc(C(=O)c2ccc(/C=C/C3CCCC3)cc2)c1. The molecule has 2 nitrogen and oxygen atoms in total. The summed E-state index contributed by atoms with van der Waals surface area (Å²) in [6.07, 6.45) is 9.66. The van der Waals surface area contributed by atoms with Crippen LogP contribution in [0.4, 0.5) is 0 Å². The number of Topliss-reactive ketones (excluding diaryl/α,β-unsaturated/α-hetero) is 1. The zero-order chi connectivity index (χ0) is 19.4. The summed E-state index contributed by atoms with van der Waals surface area (Å²) in [6.45, 7) is 7.32. The van der Waals surface area contributed by atoms with E-state index in [0.29, 0.717) is 22.6 Å². The zero-order valence-electron chi connectivity index (χ0n) is 16.1. The summed E-state index contributed by atoms with van der Waals surface area (Å²) in [5.74, 6) is 0.563. The fourth-order valence-corrected chi connectivity index (χ4v) is 3.52. The number of hydrogen-bond acceptors (Lipinski definition) is 2. The van der Waals surface area contributed by atoms with Gasteiger partial charge in [0.25, 0.3) is 0 Å². The lowest BCUT2D eigenvalue weighted by Gasteiger charge is -2.08. The van der Waals surface area contributed by atoms with E-state index in [0.717, 1.165) is 16.7 Å². The molecule has 0 atom stereocenters. The van der Waals surface area contributed by atoms with Gasteiger partial charge in [-0.15, -0.1) is 0 Å². The van der Waals surface area contributed by atoms with Crippen molar-refractivity contribution in [1.82, 2.24) is 0 Å². The van der Waals surface area contributed by atoms with E-state index in [1.807, 2.05) is 37.3 Å². The fourth-order valence-electron chi connectivity index (χ4n) is 3.52. The van der Waals surface area contributed by atoms with Crippen LogP contribution in [0, 0.1) is 5.92 Å². The van der Waals surface area contributed by atoms with Crippen LogP contribution in [0.15, 0.2) is 55.1 Å². The Labute approximate surface area is 161 Å². The average molecular weight is 358 g/mol. The Kier molecular flexibility index (Phi) is 5.85. The Morgan fingerprint density at radius 2 is 1.48 bits per heavy atom. The van der Waals surface area contributed by atoms with E-state index in [1.165, 1.54) is 32.6 Å². The molecule has 0 radical (unpaired) electrons. The number of allylic oxidation sites excluding steroid dienone is 2. The molecule has 0 spiro atoms. The molecular weight excluding hydrogens is 332 g/mol. The molecule has 1 aliphatic carbocycles. The third-order valence-corrected chi connectivity index (χ3v) is 5.23. The average Bonchev–Trinajstić information content (AvgIpc) is 3.19. The lowest BCUT2D eigenvalue weighted by atomic mass is 9.95. The third-order valence-electron chi connectivity index (χ3n) is 5.23. The second-order valence-corrected chi connectivity index (χ2v) is 7.49. The van der Waals surface area contributed by atoms with Crippen molar-refractivity contribution >= 4 is 23.2 Å². The van der Waals surface area contributed by atoms with Crippen molar-refractivity contribution in [2.75, 3.05) is 0 Å². The van der Waals surface area contributed by atoms with Crippen LogP contribution < -0.4 is 0 Å². The second kappa shape index (κ2) is 8.30. The van der Waals surface area contributed by atoms with Gasteiger partial charge in [0.1, 0.15) is 0 Å². The first-order valence-electron chi connectivity index (χ1n) is 9.59. The van der Waals surface area contributed by atoms with Gasteiger partial charge in [0.2, 0.25) is 0 Å². The van der Waals surface area contributed by atoms with Crippen LogP contribution in [-0.2, 0) is 0 Å². The van der Waals surface area contributed by atoms with E-state index in [2.05, 4.69) is 18.7 Å². The van der Waals surface area contributed by atoms with Crippen LogP contribution in [0.3, 0.4) is 0 Å². The monoisotopic (exact) mass is 358 g/mol. The maximum Gasteiger partial charge on any atom is 0.193 e. The normalized spacial score (nSPS) is 14.6. The van der Waals surface area contributed by atoms with Crippen LogP contribution >= 0.6 is 0 Å². The molecule has 2 aromatic rings. The first-order chi connectivity index (χ1) is 12.9. The molecule has 2 aromatic carbocycles. The van der Waals surface area contributed by atoms with Gasteiger partial charge in [-0.1, -0.05) is 61.4 Å². The van der Waals surface area contributed by atoms with Crippen molar-refractivity contribution in [3.8, 4) is 0 Å². The molecule has 1 aliphatic rings. The molecule has 27 heavy (non-hydrogen) atoms. The Morgan fingerprint density at radius 3 is 2.07 bits per heavy atom. The summed E-state index contributed by atoms with van der Waals surface area (Å²) < 4.78 is 0. The lowest BCUT2D eigenvalue weighted by Crippen LogP contribution is -2.05. The topological polar surface area (TPSA) is 34.1 Å². The van der Waals surface area contributed by atoms with Crippen LogP contribution in [0.25, 0.3) is 11.6 Å². The molecule has 0 aliphatic heterocycles. The molecular formula is C25H26O2. The van der Waals surface area contributed by atoms with E-state index in [9.17, 15) is 9.59 Å². The molecule has 3 rings (SSSR count). The number of ketones is 2. The highest BCUT2D eigenvalue weighted by Crippen LogP contribution is 2.26. The van der Waals surface area contributed by atoms with Crippen molar-refractivity contribution in [1.29, 1.82) is 0 Å². The van der Waals surface area contributed by atoms with Gasteiger partial charge < -0.3 is 0 Å². The van der Waals surface area contributed by atoms with Gasteiger partial charge in [-0.3, -0.25) is 9.59 Å². The summed E-state index contributed by atoms with van der Waals surface area (Å²) in [5.41, 5.74) is 4.45. The van der Waals surface area contributed by atoms with Crippen LogP contribution in [0.1, 0.15) is 76.9 Å². The van der Waals surface area contributed by atoms with E-state index in [-0.39, 0.29) is 11.6 Å². The minimum absolute atomic E-state index is 0.0560. The highest BCUT2D eigenvalue weighted by molar-refractivity contribution is 6.10. The highest BCUT2D eigenvalue weighted by atomic mass is 16.1. The molecule has 1 saturated carbocycles. The Bertz CT molecular complexity index is 862. The predicted molar refractivity (Wildman–Crippen MR) is 112 cm³/mol.